The molecule has 0 amide bonds. The summed E-state index contributed by atoms with van der Waals surface area (Å²) in [5, 5.41) is 4.53. The van der Waals surface area contributed by atoms with Gasteiger partial charge < -0.3 is 19.7 Å². The third-order valence-corrected chi connectivity index (χ3v) is 6.37. The van der Waals surface area contributed by atoms with Crippen molar-refractivity contribution in [2.45, 2.75) is 32.8 Å². The fourth-order valence-electron chi connectivity index (χ4n) is 2.56. The quantitative estimate of drug-likeness (QED) is 0.174. The summed E-state index contributed by atoms with van der Waals surface area (Å²) in [5.74, 6) is 0. The molecule has 2 rings (SSSR count). The molecule has 0 radical (unpaired) electrons. The van der Waals surface area contributed by atoms with Gasteiger partial charge in [0, 0.05) is 41.5 Å². The maximum Gasteiger partial charge on any atom is 0.255 e. The molecule has 0 saturated heterocycles. The van der Waals surface area contributed by atoms with E-state index in [-0.39, 0.29) is 6.16 Å². The van der Waals surface area contributed by atoms with Gasteiger partial charge in [-0.3, -0.25) is 9.36 Å². The van der Waals surface area contributed by atoms with Crippen LogP contribution in [-0.2, 0) is 20.6 Å². The molecule has 0 saturated carbocycles. The van der Waals surface area contributed by atoms with E-state index in [1.54, 1.807) is 38.1 Å². The van der Waals surface area contributed by atoms with E-state index in [0.717, 1.165) is 11.8 Å². The van der Waals surface area contributed by atoms with E-state index >= 15 is 0 Å². The summed E-state index contributed by atoms with van der Waals surface area (Å²) in [6.07, 6.45) is 1.51. The predicted molar refractivity (Wildman–Crippen MR) is 126 cm³/mol. The number of ether oxygens (including phenoxy) is 2. The number of hydrogen-bond acceptors (Lipinski definition) is 5. The zero-order valence-corrected chi connectivity index (χ0v) is 20.2. The van der Waals surface area contributed by atoms with E-state index in [9.17, 15) is 14.3 Å². The maximum atomic E-state index is 12.2. The summed E-state index contributed by atoms with van der Waals surface area (Å²) in [6, 6.07) is 13.4. The van der Waals surface area contributed by atoms with Crippen LogP contribution in [0.2, 0.25) is 10.0 Å². The second-order valence-electron chi connectivity index (χ2n) is 6.53. The van der Waals surface area contributed by atoms with Crippen LogP contribution in [0.4, 0.5) is 0 Å². The van der Waals surface area contributed by atoms with Gasteiger partial charge in [0.15, 0.2) is 0 Å². The molecule has 0 aliphatic heterocycles. The molecule has 0 heterocycles. The van der Waals surface area contributed by atoms with Gasteiger partial charge in [-0.15, -0.1) is 0 Å². The van der Waals surface area contributed by atoms with Crippen LogP contribution in [0.1, 0.15) is 36.2 Å². The van der Waals surface area contributed by atoms with E-state index in [1.165, 1.54) is 0 Å². The van der Waals surface area contributed by atoms with Crippen LogP contribution in [0.25, 0.3) is 0 Å². The molecule has 9 heteroatoms. The molecular weight excluding hydrogens is 460 g/mol. The van der Waals surface area contributed by atoms with Crippen molar-refractivity contribution < 1.29 is 23.7 Å². The third kappa shape index (κ3) is 11.8. The van der Waals surface area contributed by atoms with E-state index in [4.69, 9.17) is 32.7 Å². The molecule has 1 atom stereocenters. The largest absolute Gasteiger partial charge is 0.345 e. The van der Waals surface area contributed by atoms with Crippen LogP contribution in [0, 0.1) is 0 Å². The SMILES string of the molecule is CCOC(OCC)P(=O)(O)CCCNCc1cccc(Cl)c1.O=Cc1cccc(Cl)c1. The standard InChI is InChI=1S/C15H25ClNO4P.C7H5ClO/c1-3-20-15(21-4-2)22(18,19)10-6-9-17-12-13-7-5-8-14(16)11-13;8-7-3-1-2-6(4-7)5-9/h5,7-8,11,15,17H,3-4,6,9-10,12H2,1-2H3,(H,18,19);1-5H. The Kier molecular flexibility index (Phi) is 13.9. The van der Waals surface area contributed by atoms with Gasteiger partial charge in [0.2, 0.25) is 6.03 Å². The zero-order chi connectivity index (χ0) is 23.1. The molecule has 31 heavy (non-hydrogen) atoms. The number of hydrogen-bond donors (Lipinski definition) is 2. The summed E-state index contributed by atoms with van der Waals surface area (Å²) in [6.45, 7) is 5.57. The van der Waals surface area contributed by atoms with Crippen molar-refractivity contribution in [2.24, 2.45) is 0 Å². The van der Waals surface area contributed by atoms with E-state index < -0.39 is 13.4 Å². The minimum Gasteiger partial charge on any atom is -0.345 e. The summed E-state index contributed by atoms with van der Waals surface area (Å²) in [7, 11) is -3.46. The van der Waals surface area contributed by atoms with Crippen LogP contribution in [0.5, 0.6) is 0 Å². The van der Waals surface area contributed by atoms with Gasteiger partial charge in [0.05, 0.1) is 0 Å². The third-order valence-electron chi connectivity index (χ3n) is 3.98. The van der Waals surface area contributed by atoms with Crippen LogP contribution >= 0.6 is 30.6 Å². The van der Waals surface area contributed by atoms with Crippen molar-refractivity contribution in [1.29, 1.82) is 0 Å². The Balaban J connectivity index is 0.000000442. The number of carbonyl (C=O) groups excluding carboxylic acids is 1. The maximum absolute atomic E-state index is 12.2. The molecule has 1 unspecified atom stereocenters. The lowest BCUT2D eigenvalue weighted by atomic mass is 10.2. The lowest BCUT2D eigenvalue weighted by Crippen LogP contribution is -2.21. The van der Waals surface area contributed by atoms with Crippen molar-refractivity contribution in [2.75, 3.05) is 25.9 Å². The topological polar surface area (TPSA) is 84.9 Å². The van der Waals surface area contributed by atoms with Crippen LogP contribution < -0.4 is 5.32 Å². The van der Waals surface area contributed by atoms with E-state index in [1.807, 2.05) is 24.3 Å². The predicted octanol–water partition coefficient (Wildman–Crippen LogP) is 5.60. The minimum atomic E-state index is -3.46. The molecule has 172 valence electrons. The van der Waals surface area contributed by atoms with Crippen molar-refractivity contribution in [1.82, 2.24) is 5.32 Å². The van der Waals surface area contributed by atoms with E-state index in [0.29, 0.717) is 48.3 Å². The summed E-state index contributed by atoms with van der Waals surface area (Å²) >= 11 is 11.5. The molecule has 0 aliphatic rings. The Bertz CT molecular complexity index is 831. The molecule has 6 nitrogen and oxygen atoms in total. The first kappa shape index (κ1) is 27.8. The van der Waals surface area contributed by atoms with Gasteiger partial charge in [-0.1, -0.05) is 47.5 Å². The molecule has 0 fully saturated rings. The first-order valence-corrected chi connectivity index (χ1v) is 12.7. The fraction of sp³-hybridized carbons (Fsp3) is 0.409. The normalized spacial score (nSPS) is 12.7. The highest BCUT2D eigenvalue weighted by Crippen LogP contribution is 2.47. The Labute approximate surface area is 194 Å². The number of benzene rings is 2. The van der Waals surface area contributed by atoms with Gasteiger partial charge in [-0.05, 0) is 56.6 Å². The van der Waals surface area contributed by atoms with Crippen molar-refractivity contribution in [3.8, 4) is 0 Å². The Morgan fingerprint density at radius 3 is 2.19 bits per heavy atom. The number of rotatable bonds is 12. The highest BCUT2D eigenvalue weighted by Gasteiger charge is 2.31. The summed E-state index contributed by atoms with van der Waals surface area (Å²) in [4.78, 5) is 20.1. The molecule has 2 aromatic rings. The average Bonchev–Trinajstić information content (AvgIpc) is 2.74. The Morgan fingerprint density at radius 2 is 1.68 bits per heavy atom. The smallest absolute Gasteiger partial charge is 0.255 e. The van der Waals surface area contributed by atoms with Gasteiger partial charge in [-0.2, -0.15) is 0 Å². The molecule has 0 aliphatic carbocycles. The monoisotopic (exact) mass is 489 g/mol. The lowest BCUT2D eigenvalue weighted by molar-refractivity contribution is -0.0871. The number of nitrogens with one attached hydrogen (secondary N) is 1. The lowest BCUT2D eigenvalue weighted by Gasteiger charge is -2.22. The fourth-order valence-corrected chi connectivity index (χ4v) is 4.56. The highest BCUT2D eigenvalue weighted by molar-refractivity contribution is 7.58. The molecule has 0 aromatic heterocycles. The van der Waals surface area contributed by atoms with Gasteiger partial charge in [0.1, 0.15) is 6.29 Å². The molecule has 2 N–H and O–H groups in total. The average molecular weight is 490 g/mol. The zero-order valence-electron chi connectivity index (χ0n) is 17.8. The van der Waals surface area contributed by atoms with Gasteiger partial charge in [-0.25, -0.2) is 0 Å². The van der Waals surface area contributed by atoms with Crippen molar-refractivity contribution in [3.05, 3.63) is 69.7 Å². The molecule has 2 aromatic carbocycles. The second kappa shape index (κ2) is 15.5. The summed E-state index contributed by atoms with van der Waals surface area (Å²) in [5.41, 5.74) is 1.70. The number of carbonyl (C=O) groups is 1. The van der Waals surface area contributed by atoms with E-state index in [2.05, 4.69) is 5.32 Å². The van der Waals surface area contributed by atoms with Crippen LogP contribution in [-0.4, -0.2) is 43.1 Å². The van der Waals surface area contributed by atoms with Crippen LogP contribution in [0.3, 0.4) is 0 Å². The molecular formula is C22H30Cl2NO5P. The second-order valence-corrected chi connectivity index (χ2v) is 9.78. The van der Waals surface area contributed by atoms with Crippen molar-refractivity contribution >= 4 is 36.9 Å². The van der Waals surface area contributed by atoms with Gasteiger partial charge >= 0.3 is 0 Å². The van der Waals surface area contributed by atoms with Crippen LogP contribution in [0.15, 0.2) is 48.5 Å². The number of halogens is 2. The molecule has 0 bridgehead atoms. The summed E-state index contributed by atoms with van der Waals surface area (Å²) < 4.78 is 22.7. The number of aldehydes is 1. The first-order chi connectivity index (χ1) is 14.8. The molecule has 0 spiro atoms. The first-order valence-electron chi connectivity index (χ1n) is 10.0. The highest BCUT2D eigenvalue weighted by atomic mass is 35.5. The minimum absolute atomic E-state index is 0.167. The Hall–Kier alpha value is -1.24. The van der Waals surface area contributed by atoms with Gasteiger partial charge in [0.25, 0.3) is 7.37 Å². The Morgan fingerprint density at radius 1 is 1.06 bits per heavy atom. The van der Waals surface area contributed by atoms with Crippen molar-refractivity contribution in [3.63, 3.8) is 0 Å².